The van der Waals surface area contributed by atoms with Gasteiger partial charge in [0, 0.05) is 24.2 Å². The molecule has 120 valence electrons. The molecule has 0 spiro atoms. The van der Waals surface area contributed by atoms with Crippen LogP contribution in [0, 0.1) is 17.5 Å². The van der Waals surface area contributed by atoms with E-state index in [0.29, 0.717) is 37.8 Å². The van der Waals surface area contributed by atoms with E-state index in [0.717, 1.165) is 0 Å². The third kappa shape index (κ3) is 4.32. The van der Waals surface area contributed by atoms with Crippen molar-refractivity contribution in [3.63, 3.8) is 0 Å². The SMILES string of the molecule is Cl.NC1CCC(NS(=O)(=O)c2c(F)cc(F)cc2F)CC1. The maximum Gasteiger partial charge on any atom is 0.246 e. The van der Waals surface area contributed by atoms with E-state index < -0.39 is 38.4 Å². The highest BCUT2D eigenvalue weighted by molar-refractivity contribution is 7.89. The first-order valence-corrected chi connectivity index (χ1v) is 7.70. The summed E-state index contributed by atoms with van der Waals surface area (Å²) in [5.41, 5.74) is 5.70. The van der Waals surface area contributed by atoms with Gasteiger partial charge in [0.25, 0.3) is 0 Å². The molecule has 1 aliphatic carbocycles. The molecule has 1 fully saturated rings. The Balaban J connectivity index is 0.00000220. The maximum atomic E-state index is 13.5. The van der Waals surface area contributed by atoms with Gasteiger partial charge in [0.05, 0.1) is 0 Å². The molecule has 0 aromatic heterocycles. The number of sulfonamides is 1. The summed E-state index contributed by atoms with van der Waals surface area (Å²) in [6.45, 7) is 0. The number of hydrogen-bond donors (Lipinski definition) is 2. The summed E-state index contributed by atoms with van der Waals surface area (Å²) in [5.74, 6) is -4.05. The van der Waals surface area contributed by atoms with Crippen LogP contribution in [0.2, 0.25) is 0 Å². The lowest BCUT2D eigenvalue weighted by Gasteiger charge is -2.26. The molecular weight excluding hydrogens is 329 g/mol. The molecule has 0 atom stereocenters. The summed E-state index contributed by atoms with van der Waals surface area (Å²) >= 11 is 0. The fourth-order valence-corrected chi connectivity index (χ4v) is 3.72. The van der Waals surface area contributed by atoms with Crippen LogP contribution in [-0.2, 0) is 10.0 Å². The molecule has 1 aromatic carbocycles. The molecule has 1 aliphatic rings. The largest absolute Gasteiger partial charge is 0.328 e. The van der Waals surface area contributed by atoms with E-state index in [1.807, 2.05) is 0 Å². The first-order chi connectivity index (χ1) is 9.29. The Morgan fingerprint density at radius 1 is 1.05 bits per heavy atom. The minimum absolute atomic E-state index is 0. The first kappa shape index (κ1) is 18.2. The summed E-state index contributed by atoms with van der Waals surface area (Å²) in [6.07, 6.45) is 2.29. The highest BCUT2D eigenvalue weighted by atomic mass is 35.5. The summed E-state index contributed by atoms with van der Waals surface area (Å²) < 4.78 is 66.0. The fraction of sp³-hybridized carbons (Fsp3) is 0.500. The van der Waals surface area contributed by atoms with Gasteiger partial charge in [-0.05, 0) is 25.7 Å². The van der Waals surface area contributed by atoms with Gasteiger partial charge in [0.15, 0.2) is 4.90 Å². The summed E-state index contributed by atoms with van der Waals surface area (Å²) in [5, 5.41) is 0. The van der Waals surface area contributed by atoms with Gasteiger partial charge in [0.2, 0.25) is 10.0 Å². The molecule has 0 unspecified atom stereocenters. The van der Waals surface area contributed by atoms with Gasteiger partial charge in [-0.15, -0.1) is 12.4 Å². The van der Waals surface area contributed by atoms with E-state index in [1.54, 1.807) is 0 Å². The predicted octanol–water partition coefficient (Wildman–Crippen LogP) is 2.07. The minimum Gasteiger partial charge on any atom is -0.328 e. The molecule has 0 bridgehead atoms. The van der Waals surface area contributed by atoms with Crippen LogP contribution >= 0.6 is 12.4 Å². The van der Waals surface area contributed by atoms with Crippen molar-refractivity contribution < 1.29 is 21.6 Å². The number of benzene rings is 1. The van der Waals surface area contributed by atoms with Crippen molar-refractivity contribution in [3.8, 4) is 0 Å². The molecule has 1 saturated carbocycles. The van der Waals surface area contributed by atoms with Crippen molar-refractivity contribution in [2.45, 2.75) is 42.7 Å². The highest BCUT2D eigenvalue weighted by Crippen LogP contribution is 2.23. The minimum atomic E-state index is -4.36. The number of halogens is 4. The van der Waals surface area contributed by atoms with Crippen LogP contribution in [0.15, 0.2) is 17.0 Å². The highest BCUT2D eigenvalue weighted by Gasteiger charge is 2.29. The Morgan fingerprint density at radius 3 is 2.00 bits per heavy atom. The zero-order valence-electron chi connectivity index (χ0n) is 11.0. The maximum absolute atomic E-state index is 13.5. The number of rotatable bonds is 3. The van der Waals surface area contributed by atoms with Gasteiger partial charge in [-0.1, -0.05) is 0 Å². The monoisotopic (exact) mass is 344 g/mol. The Kier molecular flexibility index (Phi) is 6.03. The number of hydrogen-bond acceptors (Lipinski definition) is 3. The standard InChI is InChI=1S/C12H15F3N2O2S.ClH/c13-7-5-10(14)12(11(15)6-7)20(18,19)17-9-3-1-8(16)2-4-9;/h5-6,8-9,17H,1-4,16H2;1H. The van der Waals surface area contributed by atoms with E-state index in [9.17, 15) is 21.6 Å². The van der Waals surface area contributed by atoms with Gasteiger partial charge < -0.3 is 5.73 Å². The van der Waals surface area contributed by atoms with Crippen molar-refractivity contribution >= 4 is 22.4 Å². The molecule has 9 heteroatoms. The third-order valence-electron chi connectivity index (χ3n) is 3.33. The Morgan fingerprint density at radius 2 is 1.52 bits per heavy atom. The number of nitrogens with two attached hydrogens (primary N) is 1. The number of nitrogens with one attached hydrogen (secondary N) is 1. The van der Waals surface area contributed by atoms with Gasteiger partial charge in [0.1, 0.15) is 17.5 Å². The molecule has 0 aliphatic heterocycles. The van der Waals surface area contributed by atoms with Gasteiger partial charge >= 0.3 is 0 Å². The topological polar surface area (TPSA) is 72.2 Å². The summed E-state index contributed by atoms with van der Waals surface area (Å²) in [7, 11) is -4.36. The van der Waals surface area contributed by atoms with Gasteiger partial charge in [-0.2, -0.15) is 0 Å². The molecule has 0 radical (unpaired) electrons. The van der Waals surface area contributed by atoms with Crippen molar-refractivity contribution in [1.82, 2.24) is 4.72 Å². The Labute approximate surface area is 127 Å². The van der Waals surface area contributed by atoms with Crippen LogP contribution in [0.1, 0.15) is 25.7 Å². The lowest BCUT2D eigenvalue weighted by atomic mass is 9.93. The van der Waals surface area contributed by atoms with E-state index >= 15 is 0 Å². The van der Waals surface area contributed by atoms with E-state index in [4.69, 9.17) is 5.73 Å². The second kappa shape index (κ2) is 6.95. The van der Waals surface area contributed by atoms with Crippen LogP contribution in [0.4, 0.5) is 13.2 Å². The molecule has 4 nitrogen and oxygen atoms in total. The predicted molar refractivity (Wildman–Crippen MR) is 74.1 cm³/mol. The van der Waals surface area contributed by atoms with Crippen molar-refractivity contribution in [2.75, 3.05) is 0 Å². The first-order valence-electron chi connectivity index (χ1n) is 6.22. The van der Waals surface area contributed by atoms with Crippen LogP contribution in [0.5, 0.6) is 0 Å². The van der Waals surface area contributed by atoms with Crippen molar-refractivity contribution in [1.29, 1.82) is 0 Å². The lowest BCUT2D eigenvalue weighted by Crippen LogP contribution is -2.40. The van der Waals surface area contributed by atoms with E-state index in [-0.39, 0.29) is 18.4 Å². The van der Waals surface area contributed by atoms with Crippen LogP contribution in [-0.4, -0.2) is 20.5 Å². The van der Waals surface area contributed by atoms with Gasteiger partial charge in [-0.3, -0.25) is 0 Å². The molecule has 3 N–H and O–H groups in total. The second-order valence-corrected chi connectivity index (χ2v) is 6.58. The smallest absolute Gasteiger partial charge is 0.246 e. The summed E-state index contributed by atoms with van der Waals surface area (Å²) in [6, 6.07) is 0.293. The fourth-order valence-electron chi connectivity index (χ4n) is 2.30. The van der Waals surface area contributed by atoms with E-state index in [2.05, 4.69) is 4.72 Å². The van der Waals surface area contributed by atoms with Gasteiger partial charge in [-0.25, -0.2) is 26.3 Å². The third-order valence-corrected chi connectivity index (χ3v) is 4.90. The normalized spacial score (nSPS) is 22.7. The Hall–Kier alpha value is -0.830. The zero-order valence-corrected chi connectivity index (χ0v) is 12.6. The Bertz CT molecular complexity index is 582. The average Bonchev–Trinajstić information content (AvgIpc) is 2.30. The molecule has 0 amide bonds. The molecule has 21 heavy (non-hydrogen) atoms. The van der Waals surface area contributed by atoms with Crippen LogP contribution in [0.25, 0.3) is 0 Å². The van der Waals surface area contributed by atoms with Crippen molar-refractivity contribution in [2.24, 2.45) is 5.73 Å². The second-order valence-electron chi connectivity index (χ2n) is 4.93. The average molecular weight is 345 g/mol. The molecule has 1 aromatic rings. The van der Waals surface area contributed by atoms with Crippen LogP contribution < -0.4 is 10.5 Å². The lowest BCUT2D eigenvalue weighted by molar-refractivity contribution is 0.372. The summed E-state index contributed by atoms with van der Waals surface area (Å²) in [4.78, 5) is -1.14. The van der Waals surface area contributed by atoms with Crippen LogP contribution in [0.3, 0.4) is 0 Å². The molecule has 0 saturated heterocycles. The zero-order chi connectivity index (χ0) is 14.9. The quantitative estimate of drug-likeness (QED) is 0.881. The molecule has 0 heterocycles. The molecular formula is C12H16ClF3N2O2S. The van der Waals surface area contributed by atoms with Crippen molar-refractivity contribution in [3.05, 3.63) is 29.6 Å². The van der Waals surface area contributed by atoms with E-state index in [1.165, 1.54) is 0 Å². The molecule has 2 rings (SSSR count).